The van der Waals surface area contributed by atoms with E-state index in [1.54, 1.807) is 34.9 Å². The highest BCUT2D eigenvalue weighted by molar-refractivity contribution is 7.98. The Hall–Kier alpha value is -1.49. The van der Waals surface area contributed by atoms with Gasteiger partial charge < -0.3 is 10.0 Å². The van der Waals surface area contributed by atoms with Crippen molar-refractivity contribution in [2.24, 2.45) is 5.92 Å². The van der Waals surface area contributed by atoms with Gasteiger partial charge in [-0.2, -0.15) is 11.8 Å². The van der Waals surface area contributed by atoms with Crippen molar-refractivity contribution in [3.63, 3.8) is 0 Å². The van der Waals surface area contributed by atoms with Crippen LogP contribution in [-0.2, 0) is 0 Å². The molecule has 1 fully saturated rings. The monoisotopic (exact) mass is 293 g/mol. The topological polar surface area (TPSA) is 57.6 Å². The summed E-state index contributed by atoms with van der Waals surface area (Å²) in [5.74, 6) is 0.352. The van der Waals surface area contributed by atoms with Crippen LogP contribution in [0.4, 0.5) is 0 Å². The molecule has 0 aromatic heterocycles. The van der Waals surface area contributed by atoms with E-state index in [4.69, 9.17) is 0 Å². The zero-order chi connectivity index (χ0) is 14.5. The lowest BCUT2D eigenvalue weighted by Gasteiger charge is -2.32. The second-order valence-electron chi connectivity index (χ2n) is 5.07. The molecule has 4 nitrogen and oxygen atoms in total. The molecular formula is C15H19NO3S. The highest BCUT2D eigenvalue weighted by Crippen LogP contribution is 2.22. The predicted molar refractivity (Wildman–Crippen MR) is 80.4 cm³/mol. The summed E-state index contributed by atoms with van der Waals surface area (Å²) in [6, 6.07) is 6.44. The minimum Gasteiger partial charge on any atom is -0.478 e. The summed E-state index contributed by atoms with van der Waals surface area (Å²) < 4.78 is 0. The molecule has 1 heterocycles. The number of rotatable bonds is 4. The Labute approximate surface area is 123 Å². The third-order valence-electron chi connectivity index (χ3n) is 3.60. The number of hydrogen-bond donors (Lipinski definition) is 1. The smallest absolute Gasteiger partial charge is 0.336 e. The first-order chi connectivity index (χ1) is 9.63. The molecule has 20 heavy (non-hydrogen) atoms. The van der Waals surface area contributed by atoms with Crippen molar-refractivity contribution in [3.05, 3.63) is 35.4 Å². The van der Waals surface area contributed by atoms with Gasteiger partial charge in [0.1, 0.15) is 0 Å². The molecule has 0 radical (unpaired) electrons. The summed E-state index contributed by atoms with van der Waals surface area (Å²) in [5.41, 5.74) is 0.384. The van der Waals surface area contributed by atoms with E-state index < -0.39 is 5.97 Å². The number of carboxylic acid groups (broad SMARTS) is 1. The molecule has 1 amide bonds. The molecule has 1 N–H and O–H groups in total. The minimum absolute atomic E-state index is 0.0875. The number of piperidine rings is 1. The molecule has 1 atom stereocenters. The Morgan fingerprint density at radius 1 is 1.35 bits per heavy atom. The Morgan fingerprint density at radius 2 is 2.05 bits per heavy atom. The maximum Gasteiger partial charge on any atom is 0.336 e. The highest BCUT2D eigenvalue weighted by Gasteiger charge is 2.26. The number of carboxylic acids is 1. The second kappa shape index (κ2) is 6.79. The molecule has 1 unspecified atom stereocenters. The van der Waals surface area contributed by atoms with Crippen LogP contribution in [0, 0.1) is 5.92 Å². The first-order valence-electron chi connectivity index (χ1n) is 6.74. The van der Waals surface area contributed by atoms with Crippen LogP contribution in [0.1, 0.15) is 33.6 Å². The number of likely N-dealkylation sites (tertiary alicyclic amines) is 1. The lowest BCUT2D eigenvalue weighted by atomic mass is 9.98. The van der Waals surface area contributed by atoms with Crippen LogP contribution in [0.2, 0.25) is 0 Å². The van der Waals surface area contributed by atoms with Crippen molar-refractivity contribution in [1.29, 1.82) is 0 Å². The van der Waals surface area contributed by atoms with Crippen LogP contribution >= 0.6 is 11.8 Å². The molecule has 0 aliphatic carbocycles. The fraction of sp³-hybridized carbons (Fsp3) is 0.467. The lowest BCUT2D eigenvalue weighted by molar-refractivity contribution is 0.0649. The van der Waals surface area contributed by atoms with Crippen molar-refractivity contribution in [2.45, 2.75) is 12.8 Å². The molecule has 2 rings (SSSR count). The van der Waals surface area contributed by atoms with E-state index >= 15 is 0 Å². The standard InChI is InChI=1S/C15H19NO3S/c1-20-10-11-5-4-8-16(9-11)14(17)12-6-2-3-7-13(12)15(18)19/h2-3,6-7,11H,4-5,8-10H2,1H3,(H,18,19). The minimum atomic E-state index is -1.05. The summed E-state index contributed by atoms with van der Waals surface area (Å²) in [5, 5.41) is 9.18. The first kappa shape index (κ1) is 14.9. The van der Waals surface area contributed by atoms with Gasteiger partial charge in [-0.25, -0.2) is 4.79 Å². The van der Waals surface area contributed by atoms with E-state index in [0.717, 1.165) is 31.7 Å². The van der Waals surface area contributed by atoms with Crippen LogP contribution in [0.15, 0.2) is 24.3 Å². The summed E-state index contributed by atoms with van der Waals surface area (Å²) in [6.07, 6.45) is 4.21. The van der Waals surface area contributed by atoms with Crippen molar-refractivity contribution in [3.8, 4) is 0 Å². The number of hydrogen-bond acceptors (Lipinski definition) is 3. The van der Waals surface area contributed by atoms with Gasteiger partial charge in [0, 0.05) is 13.1 Å². The average Bonchev–Trinajstić information content (AvgIpc) is 2.47. The number of carbonyl (C=O) groups excluding carboxylic acids is 1. The quantitative estimate of drug-likeness (QED) is 0.927. The van der Waals surface area contributed by atoms with Crippen molar-refractivity contribution in [1.82, 2.24) is 4.90 Å². The SMILES string of the molecule is CSCC1CCCN(C(=O)c2ccccc2C(=O)O)C1. The predicted octanol–water partition coefficient (Wildman–Crippen LogP) is 2.60. The molecule has 0 saturated carbocycles. The lowest BCUT2D eigenvalue weighted by Crippen LogP contribution is -2.41. The number of thioether (sulfide) groups is 1. The Kier molecular flexibility index (Phi) is 5.06. The normalized spacial score (nSPS) is 18.9. The number of benzene rings is 1. The molecular weight excluding hydrogens is 274 g/mol. The van der Waals surface area contributed by atoms with Crippen molar-refractivity contribution in [2.75, 3.05) is 25.1 Å². The van der Waals surface area contributed by atoms with E-state index in [-0.39, 0.29) is 11.5 Å². The fourth-order valence-electron chi connectivity index (χ4n) is 2.65. The van der Waals surface area contributed by atoms with Gasteiger partial charge in [0.15, 0.2) is 0 Å². The maximum atomic E-state index is 12.5. The summed E-state index contributed by atoms with van der Waals surface area (Å²) in [6.45, 7) is 1.45. The molecule has 5 heteroatoms. The molecule has 1 aromatic rings. The maximum absolute atomic E-state index is 12.5. The van der Waals surface area contributed by atoms with E-state index in [9.17, 15) is 14.7 Å². The van der Waals surface area contributed by atoms with Crippen molar-refractivity contribution >= 4 is 23.6 Å². The second-order valence-corrected chi connectivity index (χ2v) is 5.98. The molecule has 1 aliphatic rings. The Bertz CT molecular complexity index is 502. The van der Waals surface area contributed by atoms with Gasteiger partial charge in [0.05, 0.1) is 11.1 Å². The zero-order valence-electron chi connectivity index (χ0n) is 11.5. The average molecular weight is 293 g/mol. The zero-order valence-corrected chi connectivity index (χ0v) is 12.4. The van der Waals surface area contributed by atoms with Crippen LogP contribution in [0.5, 0.6) is 0 Å². The van der Waals surface area contributed by atoms with Crippen LogP contribution in [0.25, 0.3) is 0 Å². The fourth-order valence-corrected chi connectivity index (χ4v) is 3.39. The Morgan fingerprint density at radius 3 is 2.70 bits per heavy atom. The number of aromatic carboxylic acids is 1. The van der Waals surface area contributed by atoms with Crippen LogP contribution in [0.3, 0.4) is 0 Å². The van der Waals surface area contributed by atoms with Gasteiger partial charge in [-0.1, -0.05) is 12.1 Å². The number of carbonyl (C=O) groups is 2. The summed E-state index contributed by atoms with van der Waals surface area (Å²) in [7, 11) is 0. The largest absolute Gasteiger partial charge is 0.478 e. The van der Waals surface area contributed by atoms with Crippen molar-refractivity contribution < 1.29 is 14.7 Å². The molecule has 1 aliphatic heterocycles. The Balaban J connectivity index is 2.17. The van der Waals surface area contributed by atoms with Crippen LogP contribution in [-0.4, -0.2) is 47.0 Å². The van der Waals surface area contributed by atoms with Gasteiger partial charge in [-0.05, 0) is 42.9 Å². The van der Waals surface area contributed by atoms with Gasteiger partial charge in [-0.15, -0.1) is 0 Å². The number of amides is 1. The van der Waals surface area contributed by atoms with Crippen LogP contribution < -0.4 is 0 Å². The summed E-state index contributed by atoms with van der Waals surface area (Å²) in [4.78, 5) is 25.5. The van der Waals surface area contributed by atoms with Gasteiger partial charge >= 0.3 is 5.97 Å². The summed E-state index contributed by atoms with van der Waals surface area (Å²) >= 11 is 1.79. The first-order valence-corrected chi connectivity index (χ1v) is 8.13. The molecule has 108 valence electrons. The molecule has 0 spiro atoms. The highest BCUT2D eigenvalue weighted by atomic mass is 32.2. The number of nitrogens with zero attached hydrogens (tertiary/aromatic N) is 1. The molecule has 1 saturated heterocycles. The third-order valence-corrected chi connectivity index (χ3v) is 4.40. The van der Waals surface area contributed by atoms with Gasteiger partial charge in [0.25, 0.3) is 5.91 Å². The van der Waals surface area contributed by atoms with E-state index in [1.165, 1.54) is 6.07 Å². The van der Waals surface area contributed by atoms with Gasteiger partial charge in [-0.3, -0.25) is 4.79 Å². The van der Waals surface area contributed by atoms with E-state index in [1.807, 2.05) is 0 Å². The molecule has 0 bridgehead atoms. The third kappa shape index (κ3) is 3.33. The van der Waals surface area contributed by atoms with E-state index in [0.29, 0.717) is 11.5 Å². The molecule has 1 aromatic carbocycles. The van der Waals surface area contributed by atoms with E-state index in [2.05, 4.69) is 6.26 Å². The van der Waals surface area contributed by atoms with Gasteiger partial charge in [0.2, 0.25) is 0 Å².